The van der Waals surface area contributed by atoms with Crippen molar-refractivity contribution in [3.8, 4) is 0 Å². The van der Waals surface area contributed by atoms with Crippen LogP contribution >= 0.6 is 11.3 Å². The van der Waals surface area contributed by atoms with Crippen molar-refractivity contribution in [2.75, 3.05) is 25.0 Å². The van der Waals surface area contributed by atoms with E-state index < -0.39 is 17.7 Å². The number of piperidine rings is 1. The minimum Gasteiger partial charge on any atom is -0.462 e. The van der Waals surface area contributed by atoms with Gasteiger partial charge in [-0.05, 0) is 53.5 Å². The number of hydrogen-bond donors (Lipinski definition) is 1. The van der Waals surface area contributed by atoms with Crippen LogP contribution in [0.3, 0.4) is 0 Å². The number of carbonyl (C=O) groups excluding carboxylic acids is 3. The van der Waals surface area contributed by atoms with Crippen molar-refractivity contribution in [3.63, 3.8) is 0 Å². The summed E-state index contributed by atoms with van der Waals surface area (Å²) in [4.78, 5) is 39.6. The molecule has 0 saturated carbocycles. The van der Waals surface area contributed by atoms with Gasteiger partial charge in [-0.1, -0.05) is 0 Å². The molecule has 2 heterocycles. The monoisotopic (exact) mass is 396 g/mol. The first-order chi connectivity index (χ1) is 12.6. The molecule has 0 radical (unpaired) electrons. The van der Waals surface area contributed by atoms with Gasteiger partial charge in [0.05, 0.1) is 18.1 Å². The predicted octanol–water partition coefficient (Wildman–Crippen LogP) is 3.82. The van der Waals surface area contributed by atoms with E-state index >= 15 is 0 Å². The Balaban J connectivity index is 2.04. The second-order valence-electron chi connectivity index (χ2n) is 7.58. The number of amides is 2. The van der Waals surface area contributed by atoms with Crippen molar-refractivity contribution in [2.24, 2.45) is 5.92 Å². The Bertz CT molecular complexity index is 707. The third kappa shape index (κ3) is 5.95. The van der Waals surface area contributed by atoms with Crippen LogP contribution in [-0.4, -0.2) is 48.2 Å². The van der Waals surface area contributed by atoms with Crippen LogP contribution < -0.4 is 5.32 Å². The van der Waals surface area contributed by atoms with E-state index in [0.717, 1.165) is 11.3 Å². The van der Waals surface area contributed by atoms with Crippen molar-refractivity contribution in [1.82, 2.24) is 4.90 Å². The summed E-state index contributed by atoms with van der Waals surface area (Å²) in [6, 6.07) is 1.71. The van der Waals surface area contributed by atoms with E-state index in [1.165, 1.54) is 11.3 Å². The van der Waals surface area contributed by atoms with Crippen LogP contribution in [0.5, 0.6) is 0 Å². The molecule has 1 aromatic heterocycles. The molecule has 0 bridgehead atoms. The molecular weight excluding hydrogens is 368 g/mol. The molecule has 1 N–H and O–H groups in total. The Morgan fingerprint density at radius 3 is 2.67 bits per heavy atom. The second-order valence-corrected chi connectivity index (χ2v) is 8.83. The Morgan fingerprint density at radius 1 is 1.33 bits per heavy atom. The number of thiophene rings is 1. The standard InChI is InChI=1S/C19H28N2O5S/c1-6-25-17(23)14-10-12(2)27-16(14)20-15(22)13-8-7-9-21(11-13)18(24)26-19(3,4)5/h10,13H,6-9,11H2,1-5H3,(H,20,22). The lowest BCUT2D eigenvalue weighted by molar-refractivity contribution is -0.121. The number of nitrogens with one attached hydrogen (secondary N) is 1. The highest BCUT2D eigenvalue weighted by Gasteiger charge is 2.31. The molecule has 2 rings (SSSR count). The SMILES string of the molecule is CCOC(=O)c1cc(C)sc1NC(=O)C1CCCN(C(=O)OC(C)(C)C)C1. The number of esters is 1. The molecule has 8 heteroatoms. The first kappa shape index (κ1) is 21.2. The molecule has 150 valence electrons. The normalized spacial score (nSPS) is 17.4. The first-order valence-corrected chi connectivity index (χ1v) is 9.98. The number of likely N-dealkylation sites (tertiary alicyclic amines) is 1. The van der Waals surface area contributed by atoms with Crippen LogP contribution in [0.15, 0.2) is 6.07 Å². The zero-order chi connectivity index (χ0) is 20.2. The highest BCUT2D eigenvalue weighted by atomic mass is 32.1. The van der Waals surface area contributed by atoms with Gasteiger partial charge in [0.1, 0.15) is 10.6 Å². The molecule has 27 heavy (non-hydrogen) atoms. The van der Waals surface area contributed by atoms with Crippen LogP contribution in [0.1, 0.15) is 55.8 Å². The lowest BCUT2D eigenvalue weighted by Gasteiger charge is -2.33. The summed E-state index contributed by atoms with van der Waals surface area (Å²) in [5.41, 5.74) is -0.206. The fourth-order valence-corrected chi connectivity index (χ4v) is 3.77. The van der Waals surface area contributed by atoms with E-state index in [0.29, 0.717) is 30.1 Å². The van der Waals surface area contributed by atoms with E-state index in [9.17, 15) is 14.4 Å². The van der Waals surface area contributed by atoms with Gasteiger partial charge >= 0.3 is 12.1 Å². The fourth-order valence-electron chi connectivity index (χ4n) is 2.86. The second kappa shape index (κ2) is 8.73. The van der Waals surface area contributed by atoms with Gasteiger partial charge in [-0.25, -0.2) is 9.59 Å². The summed E-state index contributed by atoms with van der Waals surface area (Å²) in [6.07, 6.45) is 1.01. The average Bonchev–Trinajstić information content (AvgIpc) is 2.94. The Labute approximate surface area is 164 Å². The maximum Gasteiger partial charge on any atom is 0.410 e. The number of rotatable bonds is 4. The first-order valence-electron chi connectivity index (χ1n) is 9.17. The van der Waals surface area contributed by atoms with Gasteiger partial charge in [-0.3, -0.25) is 4.79 Å². The summed E-state index contributed by atoms with van der Waals surface area (Å²) < 4.78 is 10.5. The van der Waals surface area contributed by atoms with Crippen molar-refractivity contribution < 1.29 is 23.9 Å². The van der Waals surface area contributed by atoms with E-state index in [2.05, 4.69) is 5.32 Å². The Morgan fingerprint density at radius 2 is 2.04 bits per heavy atom. The smallest absolute Gasteiger partial charge is 0.410 e. The molecule has 1 unspecified atom stereocenters. The highest BCUT2D eigenvalue weighted by molar-refractivity contribution is 7.16. The van der Waals surface area contributed by atoms with E-state index in [-0.39, 0.29) is 18.4 Å². The van der Waals surface area contributed by atoms with Gasteiger partial charge in [-0.2, -0.15) is 0 Å². The highest BCUT2D eigenvalue weighted by Crippen LogP contribution is 2.30. The molecule has 1 aliphatic heterocycles. The molecular formula is C19H28N2O5S. The van der Waals surface area contributed by atoms with Crippen LogP contribution in [-0.2, 0) is 14.3 Å². The molecule has 1 aliphatic rings. The number of anilines is 1. The quantitative estimate of drug-likeness (QED) is 0.782. The maximum absolute atomic E-state index is 12.7. The molecule has 2 amide bonds. The van der Waals surface area contributed by atoms with E-state index in [1.54, 1.807) is 17.9 Å². The van der Waals surface area contributed by atoms with E-state index in [1.807, 2.05) is 27.7 Å². The van der Waals surface area contributed by atoms with Crippen molar-refractivity contribution in [2.45, 2.75) is 53.1 Å². The number of hydrogen-bond acceptors (Lipinski definition) is 6. The van der Waals surface area contributed by atoms with Crippen LogP contribution in [0, 0.1) is 12.8 Å². The fraction of sp³-hybridized carbons (Fsp3) is 0.632. The zero-order valence-corrected chi connectivity index (χ0v) is 17.4. The summed E-state index contributed by atoms with van der Waals surface area (Å²) in [7, 11) is 0. The van der Waals surface area contributed by atoms with Crippen LogP contribution in [0.4, 0.5) is 9.80 Å². The molecule has 1 saturated heterocycles. The Hall–Kier alpha value is -2.09. The molecule has 0 aliphatic carbocycles. The molecule has 1 fully saturated rings. The summed E-state index contributed by atoms with van der Waals surface area (Å²) in [5.74, 6) is -0.990. The van der Waals surface area contributed by atoms with Gasteiger partial charge in [0.2, 0.25) is 5.91 Å². The van der Waals surface area contributed by atoms with Gasteiger partial charge in [0, 0.05) is 18.0 Å². The largest absolute Gasteiger partial charge is 0.462 e. The lowest BCUT2D eigenvalue weighted by Crippen LogP contribution is -2.45. The van der Waals surface area contributed by atoms with Gasteiger partial charge in [0.15, 0.2) is 0 Å². The average molecular weight is 397 g/mol. The maximum atomic E-state index is 12.7. The molecule has 0 aromatic carbocycles. The Kier molecular flexibility index (Phi) is 6.86. The number of ether oxygens (including phenoxy) is 2. The van der Waals surface area contributed by atoms with Crippen LogP contribution in [0.25, 0.3) is 0 Å². The topological polar surface area (TPSA) is 84.9 Å². The number of nitrogens with zero attached hydrogens (tertiary/aromatic N) is 1. The van der Waals surface area contributed by atoms with Crippen molar-refractivity contribution in [1.29, 1.82) is 0 Å². The van der Waals surface area contributed by atoms with E-state index in [4.69, 9.17) is 9.47 Å². The molecule has 0 spiro atoms. The van der Waals surface area contributed by atoms with Gasteiger partial charge < -0.3 is 19.7 Å². The van der Waals surface area contributed by atoms with Gasteiger partial charge in [0.25, 0.3) is 0 Å². The number of carbonyl (C=O) groups is 3. The zero-order valence-electron chi connectivity index (χ0n) is 16.6. The minimum atomic E-state index is -0.574. The summed E-state index contributed by atoms with van der Waals surface area (Å²) in [5, 5.41) is 3.34. The third-order valence-electron chi connectivity index (χ3n) is 4.03. The lowest BCUT2D eigenvalue weighted by atomic mass is 9.97. The van der Waals surface area contributed by atoms with Crippen molar-refractivity contribution in [3.05, 3.63) is 16.5 Å². The predicted molar refractivity (Wildman–Crippen MR) is 104 cm³/mol. The third-order valence-corrected chi connectivity index (χ3v) is 5.00. The van der Waals surface area contributed by atoms with Crippen molar-refractivity contribution >= 4 is 34.3 Å². The van der Waals surface area contributed by atoms with Crippen LogP contribution in [0.2, 0.25) is 0 Å². The molecule has 1 aromatic rings. The minimum absolute atomic E-state index is 0.198. The summed E-state index contributed by atoms with van der Waals surface area (Å²) in [6.45, 7) is 10.2. The molecule has 7 nitrogen and oxygen atoms in total. The van der Waals surface area contributed by atoms with Gasteiger partial charge in [-0.15, -0.1) is 11.3 Å². The summed E-state index contributed by atoms with van der Waals surface area (Å²) >= 11 is 1.34. The number of aryl methyl sites for hydroxylation is 1. The molecule has 1 atom stereocenters.